The molecule has 190 valence electrons. The summed E-state index contributed by atoms with van der Waals surface area (Å²) in [5.41, 5.74) is 3.64. The van der Waals surface area contributed by atoms with Crippen molar-refractivity contribution in [3.05, 3.63) is 106 Å². The average molecular weight is 499 g/mol. The molecule has 2 aromatic carbocycles. The molecule has 1 N–H and O–H groups in total. The van der Waals surface area contributed by atoms with Crippen LogP contribution in [0.1, 0.15) is 47.7 Å². The number of tetrazole rings is 1. The molecule has 0 radical (unpaired) electrons. The minimum absolute atomic E-state index is 0.125. The van der Waals surface area contributed by atoms with E-state index in [1.807, 2.05) is 36.4 Å². The highest BCUT2D eigenvalue weighted by atomic mass is 16.5. The van der Waals surface area contributed by atoms with Crippen molar-refractivity contribution >= 4 is 10.9 Å². The van der Waals surface area contributed by atoms with Gasteiger partial charge in [-0.3, -0.25) is 9.69 Å². The Morgan fingerprint density at radius 1 is 1.11 bits per heavy atom. The molecule has 0 aliphatic carbocycles. The van der Waals surface area contributed by atoms with Crippen molar-refractivity contribution in [1.29, 1.82) is 0 Å². The molecule has 0 spiro atoms. The number of ether oxygens (including phenoxy) is 1. The Kier molecular flexibility index (Phi) is 7.14. The molecule has 1 atom stereocenters. The quantitative estimate of drug-likeness (QED) is 0.300. The Morgan fingerprint density at radius 2 is 1.95 bits per heavy atom. The van der Waals surface area contributed by atoms with E-state index in [2.05, 4.69) is 63.5 Å². The number of methoxy groups -OCH3 is 1. The van der Waals surface area contributed by atoms with Crippen LogP contribution in [0.25, 0.3) is 10.9 Å². The highest BCUT2D eigenvalue weighted by molar-refractivity contribution is 5.80. The molecule has 0 fully saturated rings. The van der Waals surface area contributed by atoms with Crippen LogP contribution in [0.3, 0.4) is 0 Å². The van der Waals surface area contributed by atoms with Crippen molar-refractivity contribution in [2.24, 2.45) is 0 Å². The predicted molar refractivity (Wildman–Crippen MR) is 140 cm³/mol. The molecule has 0 unspecified atom stereocenters. The number of hydrogen-bond acceptors (Lipinski definition) is 7. The molecule has 0 aliphatic rings. The SMILES string of the molecule is CC[C@@H](c1nnnn1Cc1ccco1)N(Cc1ccc(C)cc1)Cc1cc2ccc(OC)cc2[nH]c1=O. The zero-order valence-electron chi connectivity index (χ0n) is 21.2. The molecular formula is C28H30N6O3. The first-order chi connectivity index (χ1) is 18.0. The van der Waals surface area contributed by atoms with Gasteiger partial charge in [0.05, 0.1) is 24.9 Å². The van der Waals surface area contributed by atoms with Crippen LogP contribution in [0.15, 0.2) is 76.1 Å². The van der Waals surface area contributed by atoms with Crippen molar-refractivity contribution < 1.29 is 9.15 Å². The monoisotopic (exact) mass is 498 g/mol. The number of nitrogens with one attached hydrogen (secondary N) is 1. The third kappa shape index (κ3) is 5.46. The first-order valence-electron chi connectivity index (χ1n) is 12.3. The molecule has 3 heterocycles. The minimum Gasteiger partial charge on any atom is -0.497 e. The van der Waals surface area contributed by atoms with Crippen LogP contribution in [0.4, 0.5) is 0 Å². The van der Waals surface area contributed by atoms with Crippen LogP contribution in [0.2, 0.25) is 0 Å². The third-order valence-corrected chi connectivity index (χ3v) is 6.58. The Labute approximate surface area is 214 Å². The van der Waals surface area contributed by atoms with Gasteiger partial charge < -0.3 is 14.1 Å². The van der Waals surface area contributed by atoms with E-state index in [1.165, 1.54) is 5.56 Å². The molecule has 0 saturated carbocycles. The van der Waals surface area contributed by atoms with Crippen molar-refractivity contribution in [3.8, 4) is 5.75 Å². The molecule has 0 aliphatic heterocycles. The molecular weight excluding hydrogens is 468 g/mol. The second kappa shape index (κ2) is 10.8. The van der Waals surface area contributed by atoms with Gasteiger partial charge in [0.2, 0.25) is 0 Å². The number of pyridine rings is 1. The zero-order valence-corrected chi connectivity index (χ0v) is 21.2. The van der Waals surface area contributed by atoms with Gasteiger partial charge in [-0.25, -0.2) is 4.68 Å². The van der Waals surface area contributed by atoms with E-state index in [1.54, 1.807) is 18.1 Å². The highest BCUT2D eigenvalue weighted by Gasteiger charge is 2.26. The van der Waals surface area contributed by atoms with Gasteiger partial charge in [-0.05, 0) is 65.1 Å². The van der Waals surface area contributed by atoms with Crippen molar-refractivity contribution in [3.63, 3.8) is 0 Å². The van der Waals surface area contributed by atoms with E-state index >= 15 is 0 Å². The van der Waals surface area contributed by atoms with Gasteiger partial charge >= 0.3 is 0 Å². The van der Waals surface area contributed by atoms with Gasteiger partial charge in [-0.1, -0.05) is 36.8 Å². The lowest BCUT2D eigenvalue weighted by Crippen LogP contribution is -2.32. The van der Waals surface area contributed by atoms with Crippen molar-refractivity contribution in [2.45, 2.75) is 45.9 Å². The number of furan rings is 1. The first kappa shape index (κ1) is 24.5. The summed E-state index contributed by atoms with van der Waals surface area (Å²) in [6.07, 6.45) is 2.40. The molecule has 0 amide bonds. The van der Waals surface area contributed by atoms with Gasteiger partial charge in [-0.2, -0.15) is 0 Å². The van der Waals surface area contributed by atoms with Crippen LogP contribution in [0, 0.1) is 6.92 Å². The largest absolute Gasteiger partial charge is 0.497 e. The third-order valence-electron chi connectivity index (χ3n) is 6.58. The fraction of sp³-hybridized carbons (Fsp3) is 0.286. The van der Waals surface area contributed by atoms with Gasteiger partial charge in [0, 0.05) is 24.7 Å². The summed E-state index contributed by atoms with van der Waals surface area (Å²) >= 11 is 0. The van der Waals surface area contributed by atoms with E-state index < -0.39 is 0 Å². The maximum absolute atomic E-state index is 13.2. The van der Waals surface area contributed by atoms with Gasteiger partial charge in [-0.15, -0.1) is 5.10 Å². The minimum atomic E-state index is -0.128. The van der Waals surface area contributed by atoms with E-state index in [-0.39, 0.29) is 11.6 Å². The molecule has 9 heteroatoms. The zero-order chi connectivity index (χ0) is 25.8. The molecule has 37 heavy (non-hydrogen) atoms. The van der Waals surface area contributed by atoms with Crippen molar-refractivity contribution in [2.75, 3.05) is 7.11 Å². The summed E-state index contributed by atoms with van der Waals surface area (Å²) in [6, 6.07) is 19.7. The van der Waals surface area contributed by atoms with Crippen molar-refractivity contribution in [1.82, 2.24) is 30.1 Å². The summed E-state index contributed by atoms with van der Waals surface area (Å²) in [7, 11) is 1.61. The normalized spacial score (nSPS) is 12.3. The lowest BCUT2D eigenvalue weighted by atomic mass is 10.1. The van der Waals surface area contributed by atoms with E-state index in [0.29, 0.717) is 30.9 Å². The van der Waals surface area contributed by atoms with Crippen LogP contribution in [-0.2, 0) is 19.6 Å². The Bertz CT molecular complexity index is 1520. The molecule has 5 rings (SSSR count). The summed E-state index contributed by atoms with van der Waals surface area (Å²) in [6.45, 7) is 5.67. The van der Waals surface area contributed by atoms with Crippen LogP contribution < -0.4 is 10.3 Å². The smallest absolute Gasteiger partial charge is 0.252 e. The lowest BCUT2D eigenvalue weighted by molar-refractivity contribution is 0.161. The molecule has 9 nitrogen and oxygen atoms in total. The molecule has 5 aromatic rings. The second-order valence-electron chi connectivity index (χ2n) is 9.17. The number of benzene rings is 2. The summed E-state index contributed by atoms with van der Waals surface area (Å²) in [5, 5.41) is 13.5. The van der Waals surface area contributed by atoms with E-state index in [4.69, 9.17) is 9.15 Å². The predicted octanol–water partition coefficient (Wildman–Crippen LogP) is 4.63. The number of aromatic amines is 1. The first-order valence-corrected chi connectivity index (χ1v) is 12.3. The summed E-state index contributed by atoms with van der Waals surface area (Å²) in [4.78, 5) is 18.4. The second-order valence-corrected chi connectivity index (χ2v) is 9.17. The lowest BCUT2D eigenvalue weighted by Gasteiger charge is -2.30. The van der Waals surface area contributed by atoms with Crippen LogP contribution >= 0.6 is 0 Å². The van der Waals surface area contributed by atoms with Crippen LogP contribution in [0.5, 0.6) is 5.75 Å². The van der Waals surface area contributed by atoms with E-state index in [9.17, 15) is 4.79 Å². The van der Waals surface area contributed by atoms with Gasteiger partial charge in [0.15, 0.2) is 5.82 Å². The topological polar surface area (TPSA) is 102 Å². The fourth-order valence-electron chi connectivity index (χ4n) is 4.61. The number of hydrogen-bond donors (Lipinski definition) is 1. The van der Waals surface area contributed by atoms with E-state index in [0.717, 1.165) is 34.5 Å². The van der Waals surface area contributed by atoms with Gasteiger partial charge in [0.1, 0.15) is 18.1 Å². The standard InChI is InChI=1S/C28H30N6O3/c1-4-26(27-30-31-32-34(27)18-24-6-5-13-37-24)33(16-20-9-7-19(2)8-10-20)17-22-14-21-11-12-23(36-3)15-25(21)29-28(22)35/h5-15,26H,4,16-18H2,1-3H3,(H,29,35)/t26-/m0/s1. The number of nitrogens with zero attached hydrogens (tertiary/aromatic N) is 5. The Hall–Kier alpha value is -4.24. The number of rotatable bonds is 10. The highest BCUT2D eigenvalue weighted by Crippen LogP contribution is 2.27. The van der Waals surface area contributed by atoms with Crippen LogP contribution in [-0.4, -0.2) is 37.2 Å². The Balaban J connectivity index is 1.51. The molecule has 0 bridgehead atoms. The number of aryl methyl sites for hydroxylation is 1. The van der Waals surface area contributed by atoms with Gasteiger partial charge in [0.25, 0.3) is 5.56 Å². The molecule has 3 aromatic heterocycles. The molecule has 0 saturated heterocycles. The Morgan fingerprint density at radius 3 is 2.68 bits per heavy atom. The number of H-pyrrole nitrogens is 1. The number of aromatic nitrogens is 5. The maximum atomic E-state index is 13.2. The average Bonchev–Trinajstić information content (AvgIpc) is 3.59. The number of fused-ring (bicyclic) bond motifs is 1. The maximum Gasteiger partial charge on any atom is 0.252 e. The fourth-order valence-corrected chi connectivity index (χ4v) is 4.61. The summed E-state index contributed by atoms with van der Waals surface area (Å²) in [5.74, 6) is 2.20. The summed E-state index contributed by atoms with van der Waals surface area (Å²) < 4.78 is 12.6.